The van der Waals surface area contributed by atoms with E-state index in [2.05, 4.69) is 5.32 Å². The molecule has 7 heteroatoms. The molecule has 0 bridgehead atoms. The third kappa shape index (κ3) is 6.64. The number of nitrogens with one attached hydrogen (secondary N) is 1. The van der Waals surface area contributed by atoms with Gasteiger partial charge in [-0.05, 0) is 72.3 Å². The van der Waals surface area contributed by atoms with Crippen molar-refractivity contribution < 1.29 is 14.3 Å². The van der Waals surface area contributed by atoms with E-state index in [-0.39, 0.29) is 24.5 Å². The molecule has 4 aromatic rings. The molecular weight excluding hydrogens is 506 g/mol. The highest BCUT2D eigenvalue weighted by Crippen LogP contribution is 2.39. The molecule has 39 heavy (non-hydrogen) atoms. The number of carbonyl (C=O) groups is 2. The Morgan fingerprint density at radius 2 is 1.51 bits per heavy atom. The summed E-state index contributed by atoms with van der Waals surface area (Å²) < 4.78 is 5.63. The van der Waals surface area contributed by atoms with Gasteiger partial charge in [-0.3, -0.25) is 14.5 Å². The fourth-order valence-corrected chi connectivity index (χ4v) is 5.15. The number of amides is 2. The quantitative estimate of drug-likeness (QED) is 0.246. The number of hydrogen-bond donors (Lipinski definition) is 1. The first-order valence-electron chi connectivity index (χ1n) is 12.6. The van der Waals surface area contributed by atoms with E-state index in [0.717, 1.165) is 22.5 Å². The molecule has 0 unspecified atom stereocenters. The molecule has 2 amide bonds. The van der Waals surface area contributed by atoms with Crippen LogP contribution in [0.25, 0.3) is 6.08 Å². The Bertz CT molecular complexity index is 1490. The van der Waals surface area contributed by atoms with Gasteiger partial charge in [0.1, 0.15) is 5.75 Å². The first-order valence-corrected chi connectivity index (χ1v) is 13.4. The zero-order chi connectivity index (χ0) is 27.0. The van der Waals surface area contributed by atoms with Crippen molar-refractivity contribution in [3.8, 4) is 5.75 Å². The van der Waals surface area contributed by atoms with E-state index in [9.17, 15) is 9.59 Å². The molecule has 1 fully saturated rings. The molecule has 6 nitrogen and oxygen atoms in total. The molecule has 4 aromatic carbocycles. The number of carbonyl (C=O) groups excluding carboxylic acids is 2. The minimum Gasteiger partial charge on any atom is -0.484 e. The lowest BCUT2D eigenvalue weighted by Crippen LogP contribution is -2.32. The molecule has 1 heterocycles. The predicted molar refractivity (Wildman–Crippen MR) is 158 cm³/mol. The zero-order valence-electron chi connectivity index (χ0n) is 21.4. The number of rotatable bonds is 8. The van der Waals surface area contributed by atoms with Crippen molar-refractivity contribution in [1.29, 1.82) is 0 Å². The molecule has 1 aliphatic rings. The van der Waals surface area contributed by atoms with Gasteiger partial charge in [-0.1, -0.05) is 78.9 Å². The number of thioether (sulfide) groups is 1. The minimum atomic E-state index is -0.238. The summed E-state index contributed by atoms with van der Waals surface area (Å²) in [6, 6.07) is 35.9. The van der Waals surface area contributed by atoms with Gasteiger partial charge < -0.3 is 10.1 Å². The van der Waals surface area contributed by atoms with Crippen molar-refractivity contribution in [2.75, 3.05) is 11.9 Å². The lowest BCUT2D eigenvalue weighted by Gasteiger charge is -2.24. The maximum absolute atomic E-state index is 13.6. The predicted octanol–water partition coefficient (Wildman–Crippen LogP) is 7.07. The van der Waals surface area contributed by atoms with Crippen molar-refractivity contribution in [3.63, 3.8) is 0 Å². The highest BCUT2D eigenvalue weighted by molar-refractivity contribution is 8.18. The number of benzene rings is 4. The summed E-state index contributed by atoms with van der Waals surface area (Å²) >= 11 is 1.36. The number of para-hydroxylation sites is 2. The van der Waals surface area contributed by atoms with Crippen LogP contribution in [0.5, 0.6) is 5.75 Å². The summed E-state index contributed by atoms with van der Waals surface area (Å²) in [5.41, 5.74) is 3.39. The first-order chi connectivity index (χ1) is 19.1. The Morgan fingerprint density at radius 1 is 0.897 bits per heavy atom. The van der Waals surface area contributed by atoms with Crippen LogP contribution in [0.3, 0.4) is 0 Å². The topological polar surface area (TPSA) is 71.0 Å². The summed E-state index contributed by atoms with van der Waals surface area (Å²) in [7, 11) is 0. The molecule has 194 valence electrons. The van der Waals surface area contributed by atoms with E-state index in [1.165, 1.54) is 11.8 Å². The first kappa shape index (κ1) is 26.0. The smallest absolute Gasteiger partial charge is 0.267 e. The number of anilines is 1. The second kappa shape index (κ2) is 12.3. The van der Waals surface area contributed by atoms with Gasteiger partial charge in [0.05, 0.1) is 16.6 Å². The number of nitrogens with zero attached hydrogens (tertiary/aromatic N) is 2. The second-order valence-electron chi connectivity index (χ2n) is 8.87. The Morgan fingerprint density at radius 3 is 2.18 bits per heavy atom. The summed E-state index contributed by atoms with van der Waals surface area (Å²) in [5.74, 6) is 0.235. The fraction of sp³-hybridized carbons (Fsp3) is 0.0938. The number of aliphatic imine (C=N–C) groups is 1. The van der Waals surface area contributed by atoms with Crippen LogP contribution in [0.2, 0.25) is 0 Å². The van der Waals surface area contributed by atoms with E-state index >= 15 is 0 Å². The van der Waals surface area contributed by atoms with E-state index in [1.807, 2.05) is 116 Å². The van der Waals surface area contributed by atoms with Gasteiger partial charge >= 0.3 is 0 Å². The highest BCUT2D eigenvalue weighted by Gasteiger charge is 2.37. The monoisotopic (exact) mass is 533 g/mol. The summed E-state index contributed by atoms with van der Waals surface area (Å²) in [5, 5.41) is 3.43. The van der Waals surface area contributed by atoms with Crippen LogP contribution in [-0.2, 0) is 9.59 Å². The SMILES string of the molecule is C[C@H](c1ccccc1)N1C(=O)/C(=C\c2ccc(OCC(=O)Nc3ccccc3)cc2)SC1=Nc1ccccc1. The van der Waals surface area contributed by atoms with Crippen LogP contribution < -0.4 is 10.1 Å². The van der Waals surface area contributed by atoms with Gasteiger partial charge in [0.25, 0.3) is 11.8 Å². The number of hydrogen-bond acceptors (Lipinski definition) is 5. The van der Waals surface area contributed by atoms with E-state index in [1.54, 1.807) is 17.0 Å². The third-order valence-electron chi connectivity index (χ3n) is 6.09. The van der Waals surface area contributed by atoms with E-state index in [0.29, 0.717) is 15.8 Å². The average Bonchev–Trinajstić information content (AvgIpc) is 3.27. The van der Waals surface area contributed by atoms with Crippen molar-refractivity contribution in [2.45, 2.75) is 13.0 Å². The molecule has 0 aliphatic carbocycles. The van der Waals surface area contributed by atoms with E-state index < -0.39 is 0 Å². The summed E-state index contributed by atoms with van der Waals surface area (Å²) in [6.07, 6.45) is 1.86. The Hall–Kier alpha value is -4.62. The molecule has 0 aromatic heterocycles. The summed E-state index contributed by atoms with van der Waals surface area (Å²) in [6.45, 7) is 1.91. The summed E-state index contributed by atoms with van der Waals surface area (Å²) in [4.78, 5) is 32.9. The van der Waals surface area contributed by atoms with Gasteiger partial charge in [-0.15, -0.1) is 0 Å². The van der Waals surface area contributed by atoms with Crippen molar-refractivity contribution >= 4 is 46.2 Å². The van der Waals surface area contributed by atoms with Crippen LogP contribution in [0.4, 0.5) is 11.4 Å². The molecule has 5 rings (SSSR count). The zero-order valence-corrected chi connectivity index (χ0v) is 22.2. The molecule has 1 N–H and O–H groups in total. The highest BCUT2D eigenvalue weighted by atomic mass is 32.2. The van der Waals surface area contributed by atoms with Crippen LogP contribution in [0.15, 0.2) is 125 Å². The third-order valence-corrected chi connectivity index (χ3v) is 7.08. The molecule has 1 atom stereocenters. The van der Waals surface area contributed by atoms with Crippen LogP contribution in [-0.4, -0.2) is 28.5 Å². The van der Waals surface area contributed by atoms with Crippen molar-refractivity contribution in [1.82, 2.24) is 4.90 Å². The molecule has 1 saturated heterocycles. The lowest BCUT2D eigenvalue weighted by molar-refractivity contribution is -0.123. The Labute approximate surface area is 232 Å². The van der Waals surface area contributed by atoms with Crippen LogP contribution in [0, 0.1) is 0 Å². The fourth-order valence-electron chi connectivity index (χ4n) is 4.08. The molecule has 0 saturated carbocycles. The standard InChI is InChI=1S/C32H27N3O3S/c1-23(25-11-5-2-6-12-25)35-31(37)29(39-32(35)34-27-15-9-4-10-16-27)21-24-17-19-28(20-18-24)38-22-30(36)33-26-13-7-3-8-14-26/h2-21,23H,22H2,1H3,(H,33,36)/b29-21+,34-32?/t23-/m1/s1. The van der Waals surface area contributed by atoms with Crippen molar-refractivity contribution in [3.05, 3.63) is 131 Å². The number of ether oxygens (including phenoxy) is 1. The maximum atomic E-state index is 13.6. The van der Waals surface area contributed by atoms with Gasteiger partial charge in [0, 0.05) is 5.69 Å². The Balaban J connectivity index is 1.31. The normalized spacial score (nSPS) is 15.9. The van der Waals surface area contributed by atoms with Crippen LogP contribution in [0.1, 0.15) is 24.1 Å². The van der Waals surface area contributed by atoms with E-state index in [4.69, 9.17) is 9.73 Å². The van der Waals surface area contributed by atoms with Gasteiger partial charge in [0.2, 0.25) is 0 Å². The molecular formula is C32H27N3O3S. The van der Waals surface area contributed by atoms with Crippen LogP contribution >= 0.6 is 11.8 Å². The Kier molecular flexibility index (Phi) is 8.19. The maximum Gasteiger partial charge on any atom is 0.267 e. The second-order valence-corrected chi connectivity index (χ2v) is 9.88. The van der Waals surface area contributed by atoms with Gasteiger partial charge in [0.15, 0.2) is 11.8 Å². The lowest BCUT2D eigenvalue weighted by atomic mass is 10.1. The van der Waals surface area contributed by atoms with Gasteiger partial charge in [-0.25, -0.2) is 4.99 Å². The molecule has 0 spiro atoms. The average molecular weight is 534 g/mol. The largest absolute Gasteiger partial charge is 0.484 e. The number of amidine groups is 1. The molecule has 0 radical (unpaired) electrons. The van der Waals surface area contributed by atoms with Crippen molar-refractivity contribution in [2.24, 2.45) is 4.99 Å². The van der Waals surface area contributed by atoms with Gasteiger partial charge in [-0.2, -0.15) is 0 Å². The molecule has 1 aliphatic heterocycles. The minimum absolute atomic E-state index is 0.0936.